The van der Waals surface area contributed by atoms with Crippen molar-refractivity contribution in [3.63, 3.8) is 0 Å². The van der Waals surface area contributed by atoms with Gasteiger partial charge in [0, 0.05) is 24.7 Å². The third-order valence-electron chi connectivity index (χ3n) is 6.75. The number of carboxylic acids is 1. The first-order chi connectivity index (χ1) is 18.0. The lowest BCUT2D eigenvalue weighted by Crippen LogP contribution is -2.24. The zero-order valence-corrected chi connectivity index (χ0v) is 20.4. The average molecular weight is 497 g/mol. The molecule has 188 valence electrons. The van der Waals surface area contributed by atoms with Gasteiger partial charge in [-0.15, -0.1) is 0 Å². The first-order valence-corrected chi connectivity index (χ1v) is 12.4. The predicted molar refractivity (Wildman–Crippen MR) is 140 cm³/mol. The van der Waals surface area contributed by atoms with Crippen LogP contribution < -0.4 is 10.5 Å². The van der Waals surface area contributed by atoms with E-state index in [1.54, 1.807) is 6.07 Å². The van der Waals surface area contributed by atoms with Gasteiger partial charge in [0.2, 0.25) is 0 Å². The second-order valence-corrected chi connectivity index (χ2v) is 9.34. The third-order valence-corrected chi connectivity index (χ3v) is 6.75. The summed E-state index contributed by atoms with van der Waals surface area (Å²) in [5.74, 6) is -2.04. The number of fused-ring (bicyclic) bond motifs is 1. The molecule has 7 heteroatoms. The maximum absolute atomic E-state index is 13.2. The maximum atomic E-state index is 13.2. The highest BCUT2D eigenvalue weighted by Gasteiger charge is 2.37. The van der Waals surface area contributed by atoms with Crippen LogP contribution in [0.5, 0.6) is 5.75 Å². The number of Topliss-reactive ketones (excluding diaryl/α,β-unsaturated/α-hetero) is 1. The number of hydrogen-bond donors (Lipinski definition) is 2. The summed E-state index contributed by atoms with van der Waals surface area (Å²) in [6.07, 6.45) is 4.58. The van der Waals surface area contributed by atoms with Crippen molar-refractivity contribution < 1.29 is 24.2 Å². The number of amides is 1. The molecule has 2 heterocycles. The number of hydrogen-bond acceptors (Lipinski definition) is 4. The topological polar surface area (TPSA) is 111 Å². The number of primary amides is 1. The Balaban J connectivity index is 1.66. The fraction of sp³-hybridized carbons (Fsp3) is 0.233. The van der Waals surface area contributed by atoms with Crippen LogP contribution in [0.15, 0.2) is 72.9 Å². The second kappa shape index (κ2) is 10.3. The maximum Gasteiger partial charge on any atom is 0.303 e. The van der Waals surface area contributed by atoms with E-state index in [-0.39, 0.29) is 18.9 Å². The molecule has 1 aliphatic carbocycles. The van der Waals surface area contributed by atoms with E-state index in [0.29, 0.717) is 29.7 Å². The van der Waals surface area contributed by atoms with Gasteiger partial charge in [-0.1, -0.05) is 54.6 Å². The normalized spacial score (nSPS) is 13.0. The number of benzene rings is 2. The lowest BCUT2D eigenvalue weighted by Gasteiger charge is -2.13. The fourth-order valence-electron chi connectivity index (χ4n) is 4.98. The SMILES string of the molecule is NC(=O)C(=O)c1c(C2CC2)c(Cc2ccccc2-c2ccccc2)n2cccc(OCCCC(=O)O)c12. The van der Waals surface area contributed by atoms with E-state index >= 15 is 0 Å². The number of ketones is 1. The van der Waals surface area contributed by atoms with E-state index in [2.05, 4.69) is 24.3 Å². The first-order valence-electron chi connectivity index (χ1n) is 12.4. The van der Waals surface area contributed by atoms with Gasteiger partial charge in [0.05, 0.1) is 17.7 Å². The van der Waals surface area contributed by atoms with Gasteiger partial charge < -0.3 is 20.0 Å². The summed E-state index contributed by atoms with van der Waals surface area (Å²) in [4.78, 5) is 36.3. The molecule has 37 heavy (non-hydrogen) atoms. The quantitative estimate of drug-likeness (QED) is 0.173. The van der Waals surface area contributed by atoms with Crippen LogP contribution in [0.3, 0.4) is 0 Å². The highest BCUT2D eigenvalue weighted by Crippen LogP contribution is 2.47. The summed E-state index contributed by atoms with van der Waals surface area (Å²) in [6.45, 7) is 0.173. The highest BCUT2D eigenvalue weighted by molar-refractivity contribution is 6.44. The number of carboxylic acid groups (broad SMARTS) is 1. The van der Waals surface area contributed by atoms with Crippen molar-refractivity contribution >= 4 is 23.2 Å². The Morgan fingerprint density at radius 3 is 2.41 bits per heavy atom. The molecular formula is C30H28N2O5. The first kappa shape index (κ1) is 24.3. The number of nitrogens with two attached hydrogens (primary N) is 1. The zero-order valence-electron chi connectivity index (χ0n) is 20.4. The molecule has 2 aromatic carbocycles. The summed E-state index contributed by atoms with van der Waals surface area (Å²) < 4.78 is 7.91. The van der Waals surface area contributed by atoms with Crippen molar-refractivity contribution in [1.29, 1.82) is 0 Å². The molecule has 0 bridgehead atoms. The molecule has 3 N–H and O–H groups in total. The van der Waals surface area contributed by atoms with Crippen LogP contribution in [-0.2, 0) is 16.0 Å². The molecule has 0 unspecified atom stereocenters. The van der Waals surface area contributed by atoms with Gasteiger partial charge in [-0.3, -0.25) is 14.4 Å². The Morgan fingerprint density at radius 2 is 1.70 bits per heavy atom. The number of ether oxygens (including phenoxy) is 1. The van der Waals surface area contributed by atoms with Crippen LogP contribution in [0.25, 0.3) is 16.6 Å². The minimum absolute atomic E-state index is 0.0218. The van der Waals surface area contributed by atoms with E-state index in [1.165, 1.54) is 0 Å². The Kier molecular flexibility index (Phi) is 6.77. The van der Waals surface area contributed by atoms with Crippen molar-refractivity contribution in [2.75, 3.05) is 6.61 Å². The van der Waals surface area contributed by atoms with Crippen LogP contribution in [0, 0.1) is 0 Å². The Bertz CT molecular complexity index is 1480. The highest BCUT2D eigenvalue weighted by atomic mass is 16.5. The zero-order chi connectivity index (χ0) is 25.9. The number of carbonyl (C=O) groups is 3. The Hall–Kier alpha value is -4.39. The summed E-state index contributed by atoms with van der Waals surface area (Å²) in [7, 11) is 0. The minimum Gasteiger partial charge on any atom is -0.491 e. The summed E-state index contributed by atoms with van der Waals surface area (Å²) in [5, 5.41) is 8.96. The summed E-state index contributed by atoms with van der Waals surface area (Å²) >= 11 is 0. The van der Waals surface area contributed by atoms with E-state index in [9.17, 15) is 14.4 Å². The van der Waals surface area contributed by atoms with E-state index in [4.69, 9.17) is 15.6 Å². The van der Waals surface area contributed by atoms with Crippen molar-refractivity contribution in [3.8, 4) is 16.9 Å². The lowest BCUT2D eigenvalue weighted by molar-refractivity contribution is -0.137. The van der Waals surface area contributed by atoms with Crippen molar-refractivity contribution in [2.24, 2.45) is 5.73 Å². The van der Waals surface area contributed by atoms with Crippen LogP contribution in [-0.4, -0.2) is 33.8 Å². The molecule has 0 aliphatic heterocycles. The third kappa shape index (κ3) is 4.98. The minimum atomic E-state index is -1.01. The fourth-order valence-corrected chi connectivity index (χ4v) is 4.98. The molecule has 1 amide bonds. The predicted octanol–water partition coefficient (Wildman–Crippen LogP) is 4.99. The Morgan fingerprint density at radius 1 is 0.973 bits per heavy atom. The van der Waals surface area contributed by atoms with E-state index < -0.39 is 17.7 Å². The summed E-state index contributed by atoms with van der Waals surface area (Å²) in [5.41, 5.74) is 11.4. The molecule has 2 aromatic heterocycles. The number of nitrogens with zero attached hydrogens (tertiary/aromatic N) is 1. The Labute approximate surface area is 214 Å². The molecule has 0 saturated heterocycles. The van der Waals surface area contributed by atoms with Crippen molar-refractivity contribution in [2.45, 2.75) is 38.0 Å². The molecule has 1 fully saturated rings. The molecule has 1 saturated carbocycles. The smallest absolute Gasteiger partial charge is 0.303 e. The number of rotatable bonds is 11. The standard InChI is InChI=1S/C30H28N2O5/c31-30(36)29(35)27-26(20-14-15-20)23(18-21-10-4-5-11-22(21)19-8-2-1-3-9-19)32-16-6-12-24(28(27)32)37-17-7-13-25(33)34/h1-6,8-12,16,20H,7,13-15,17-18H2,(H2,31,36)(H,33,34). The van der Waals surface area contributed by atoms with Crippen molar-refractivity contribution in [3.05, 3.63) is 95.3 Å². The number of pyridine rings is 1. The molecule has 1 aliphatic rings. The van der Waals surface area contributed by atoms with Gasteiger partial charge in [0.15, 0.2) is 0 Å². The van der Waals surface area contributed by atoms with Gasteiger partial charge in [-0.2, -0.15) is 0 Å². The molecule has 0 atom stereocenters. The number of carbonyl (C=O) groups excluding carboxylic acids is 2. The molecule has 5 rings (SSSR count). The van der Waals surface area contributed by atoms with Crippen LogP contribution in [0.4, 0.5) is 0 Å². The van der Waals surface area contributed by atoms with Gasteiger partial charge in [0.1, 0.15) is 5.75 Å². The van der Waals surface area contributed by atoms with Gasteiger partial charge in [-0.25, -0.2) is 0 Å². The van der Waals surface area contributed by atoms with E-state index in [1.807, 2.05) is 47.0 Å². The molecule has 4 aromatic rings. The molecule has 7 nitrogen and oxygen atoms in total. The second-order valence-electron chi connectivity index (χ2n) is 9.34. The lowest BCUT2D eigenvalue weighted by atomic mass is 9.93. The van der Waals surface area contributed by atoms with Crippen LogP contribution in [0.2, 0.25) is 0 Å². The van der Waals surface area contributed by atoms with E-state index in [0.717, 1.165) is 40.8 Å². The van der Waals surface area contributed by atoms with Gasteiger partial charge >= 0.3 is 5.97 Å². The largest absolute Gasteiger partial charge is 0.491 e. The number of aliphatic carboxylic acids is 1. The molecule has 0 spiro atoms. The van der Waals surface area contributed by atoms with Gasteiger partial charge in [-0.05, 0) is 59.6 Å². The average Bonchev–Trinajstić information content (AvgIpc) is 3.69. The van der Waals surface area contributed by atoms with Crippen LogP contribution >= 0.6 is 0 Å². The van der Waals surface area contributed by atoms with Crippen LogP contribution in [0.1, 0.15) is 58.8 Å². The van der Waals surface area contributed by atoms with Gasteiger partial charge in [0.25, 0.3) is 11.7 Å². The molecular weight excluding hydrogens is 468 g/mol. The summed E-state index contributed by atoms with van der Waals surface area (Å²) in [6, 6.07) is 21.9. The molecule has 0 radical (unpaired) electrons. The number of aromatic nitrogens is 1. The monoisotopic (exact) mass is 496 g/mol. The van der Waals surface area contributed by atoms with Crippen molar-refractivity contribution in [1.82, 2.24) is 4.40 Å².